The molecule has 0 saturated carbocycles. The molecule has 0 spiro atoms. The summed E-state index contributed by atoms with van der Waals surface area (Å²) < 4.78 is 6.41. The molecule has 0 radical (unpaired) electrons. The largest absolute Gasteiger partial charge is 0.491 e. The number of hydrogen-bond acceptors (Lipinski definition) is 4. The molecular weight excluding hydrogens is 340 g/mol. The van der Waals surface area contributed by atoms with Gasteiger partial charge in [0.05, 0.1) is 0 Å². The first-order chi connectivity index (χ1) is 12.6. The topological polar surface area (TPSA) is 15.7 Å². The highest BCUT2D eigenvalue weighted by atomic mass is 32.2. The lowest BCUT2D eigenvalue weighted by molar-refractivity contribution is 0.232. The molecule has 0 aromatic heterocycles. The summed E-state index contributed by atoms with van der Waals surface area (Å²) in [5, 5.41) is 0. The zero-order valence-corrected chi connectivity index (χ0v) is 17.0. The molecule has 2 aromatic rings. The molecule has 0 bridgehead atoms. The summed E-state index contributed by atoms with van der Waals surface area (Å²) >= 11 is 1.84. The minimum Gasteiger partial charge on any atom is -0.491 e. The second-order valence-corrected chi connectivity index (χ2v) is 8.19. The standard InChI is InChI=1S/C22H28N2OS/c1-23(2)14-13-18-17-9-5-7-11-20(17)26-21-12-8-6-10-19(21)22(18)25-16-15-24(3)4/h5-12H,13-16H2,1-4H3. The molecule has 0 N–H and O–H groups in total. The van der Waals surface area contributed by atoms with E-state index in [0.29, 0.717) is 6.61 Å². The fourth-order valence-electron chi connectivity index (χ4n) is 3.03. The molecule has 0 fully saturated rings. The molecule has 0 saturated heterocycles. The van der Waals surface area contributed by atoms with Crippen LogP contribution in [0.2, 0.25) is 0 Å². The average Bonchev–Trinajstić information content (AvgIpc) is 2.74. The van der Waals surface area contributed by atoms with Crippen molar-refractivity contribution >= 4 is 23.1 Å². The molecule has 26 heavy (non-hydrogen) atoms. The van der Waals surface area contributed by atoms with Crippen LogP contribution in [0.15, 0.2) is 58.3 Å². The predicted octanol–water partition coefficient (Wildman–Crippen LogP) is 4.55. The molecule has 4 heteroatoms. The van der Waals surface area contributed by atoms with Crippen molar-refractivity contribution in [1.29, 1.82) is 0 Å². The lowest BCUT2D eigenvalue weighted by atomic mass is 9.98. The zero-order valence-electron chi connectivity index (χ0n) is 16.2. The number of hydrogen-bond donors (Lipinski definition) is 0. The van der Waals surface area contributed by atoms with Gasteiger partial charge in [0.1, 0.15) is 12.4 Å². The van der Waals surface area contributed by atoms with Gasteiger partial charge in [-0.15, -0.1) is 0 Å². The molecule has 1 aliphatic heterocycles. The van der Waals surface area contributed by atoms with Crippen LogP contribution in [0.25, 0.3) is 11.3 Å². The predicted molar refractivity (Wildman–Crippen MR) is 111 cm³/mol. The third-order valence-corrected chi connectivity index (χ3v) is 5.58. The summed E-state index contributed by atoms with van der Waals surface area (Å²) in [6.45, 7) is 2.59. The van der Waals surface area contributed by atoms with E-state index in [9.17, 15) is 0 Å². The van der Waals surface area contributed by atoms with Crippen molar-refractivity contribution in [1.82, 2.24) is 9.80 Å². The highest BCUT2D eigenvalue weighted by Crippen LogP contribution is 2.45. The molecule has 0 atom stereocenters. The highest BCUT2D eigenvalue weighted by molar-refractivity contribution is 7.99. The second kappa shape index (κ2) is 8.76. The minimum absolute atomic E-state index is 0.689. The van der Waals surface area contributed by atoms with Crippen LogP contribution in [-0.4, -0.2) is 57.7 Å². The van der Waals surface area contributed by atoms with E-state index in [-0.39, 0.29) is 0 Å². The van der Waals surface area contributed by atoms with Gasteiger partial charge in [0.15, 0.2) is 0 Å². The third-order valence-electron chi connectivity index (χ3n) is 4.43. The first-order valence-corrected chi connectivity index (χ1v) is 9.90. The van der Waals surface area contributed by atoms with Gasteiger partial charge in [0.25, 0.3) is 0 Å². The second-order valence-electron chi connectivity index (χ2n) is 7.11. The Kier molecular flexibility index (Phi) is 6.41. The van der Waals surface area contributed by atoms with Crippen LogP contribution in [0.1, 0.15) is 17.5 Å². The maximum atomic E-state index is 6.41. The van der Waals surface area contributed by atoms with E-state index in [1.54, 1.807) is 0 Å². The molecule has 1 heterocycles. The van der Waals surface area contributed by atoms with Crippen LogP contribution in [0, 0.1) is 0 Å². The van der Waals surface area contributed by atoms with Crippen LogP contribution in [0.4, 0.5) is 0 Å². The van der Waals surface area contributed by atoms with Crippen LogP contribution < -0.4 is 0 Å². The van der Waals surface area contributed by atoms with E-state index in [4.69, 9.17) is 4.74 Å². The van der Waals surface area contributed by atoms with Gasteiger partial charge in [-0.1, -0.05) is 48.2 Å². The van der Waals surface area contributed by atoms with E-state index in [1.807, 2.05) is 11.8 Å². The van der Waals surface area contributed by atoms with Gasteiger partial charge in [0, 0.05) is 34.0 Å². The number of ether oxygens (including phenoxy) is 1. The van der Waals surface area contributed by atoms with Crippen molar-refractivity contribution in [3.05, 3.63) is 59.7 Å². The number of rotatable bonds is 7. The molecule has 0 amide bonds. The molecule has 3 nitrogen and oxygen atoms in total. The molecule has 2 aromatic carbocycles. The summed E-state index contributed by atoms with van der Waals surface area (Å²) in [6, 6.07) is 17.3. The Bertz CT molecular complexity index is 783. The monoisotopic (exact) mass is 368 g/mol. The van der Waals surface area contributed by atoms with Crippen molar-refractivity contribution in [3.8, 4) is 0 Å². The molecule has 1 aliphatic rings. The summed E-state index contributed by atoms with van der Waals surface area (Å²) in [4.78, 5) is 6.96. The van der Waals surface area contributed by atoms with E-state index in [1.165, 1.54) is 26.5 Å². The quantitative estimate of drug-likeness (QED) is 0.712. The van der Waals surface area contributed by atoms with Gasteiger partial charge in [-0.3, -0.25) is 0 Å². The van der Waals surface area contributed by atoms with Crippen molar-refractivity contribution in [2.45, 2.75) is 16.2 Å². The fraction of sp³-hybridized carbons (Fsp3) is 0.364. The maximum absolute atomic E-state index is 6.41. The van der Waals surface area contributed by atoms with Crippen molar-refractivity contribution in [3.63, 3.8) is 0 Å². The number of fused-ring (bicyclic) bond motifs is 2. The summed E-state index contributed by atoms with van der Waals surface area (Å²) in [5.74, 6) is 1.04. The molecular formula is C22H28N2OS. The first-order valence-electron chi connectivity index (χ1n) is 9.08. The Morgan fingerprint density at radius 3 is 2.00 bits per heavy atom. The number of nitrogens with zero attached hydrogens (tertiary/aromatic N) is 2. The molecule has 0 unspecified atom stereocenters. The third kappa shape index (κ3) is 4.50. The minimum atomic E-state index is 0.689. The van der Waals surface area contributed by atoms with Crippen molar-refractivity contribution in [2.75, 3.05) is 47.9 Å². The Hall–Kier alpha value is -1.75. The number of benzene rings is 2. The van der Waals surface area contributed by atoms with Crippen LogP contribution in [-0.2, 0) is 4.74 Å². The lowest BCUT2D eigenvalue weighted by Gasteiger charge is -2.20. The SMILES string of the molecule is CN(C)CCOC1=C(CCN(C)C)c2ccccc2Sc2ccccc21. The Balaban J connectivity index is 2.10. The van der Waals surface area contributed by atoms with Crippen LogP contribution in [0.3, 0.4) is 0 Å². The van der Waals surface area contributed by atoms with Gasteiger partial charge in [0.2, 0.25) is 0 Å². The van der Waals surface area contributed by atoms with Crippen LogP contribution in [0.5, 0.6) is 0 Å². The van der Waals surface area contributed by atoms with Gasteiger partial charge in [-0.2, -0.15) is 0 Å². The first kappa shape index (κ1) is 19.0. The summed E-state index contributed by atoms with van der Waals surface area (Å²) in [5.41, 5.74) is 3.82. The zero-order chi connectivity index (χ0) is 18.5. The molecule has 3 rings (SSSR count). The lowest BCUT2D eigenvalue weighted by Crippen LogP contribution is -2.18. The fourth-order valence-corrected chi connectivity index (χ4v) is 4.13. The Labute approximate surface area is 161 Å². The average molecular weight is 369 g/mol. The van der Waals surface area contributed by atoms with Gasteiger partial charge < -0.3 is 14.5 Å². The van der Waals surface area contributed by atoms with Crippen molar-refractivity contribution < 1.29 is 4.74 Å². The van der Waals surface area contributed by atoms with E-state index in [2.05, 4.69) is 86.5 Å². The highest BCUT2D eigenvalue weighted by Gasteiger charge is 2.23. The molecule has 138 valence electrons. The number of likely N-dealkylation sites (N-methyl/N-ethyl adjacent to an activating group) is 1. The smallest absolute Gasteiger partial charge is 0.131 e. The van der Waals surface area contributed by atoms with E-state index < -0.39 is 0 Å². The Morgan fingerprint density at radius 2 is 1.35 bits per heavy atom. The van der Waals surface area contributed by atoms with E-state index in [0.717, 1.165) is 25.3 Å². The van der Waals surface area contributed by atoms with Gasteiger partial charge in [-0.05, 0) is 52.3 Å². The molecule has 0 aliphatic carbocycles. The van der Waals surface area contributed by atoms with Gasteiger partial charge >= 0.3 is 0 Å². The van der Waals surface area contributed by atoms with Crippen LogP contribution >= 0.6 is 11.8 Å². The maximum Gasteiger partial charge on any atom is 0.131 e. The summed E-state index contributed by atoms with van der Waals surface area (Å²) in [6.07, 6.45) is 0.968. The van der Waals surface area contributed by atoms with Gasteiger partial charge in [-0.25, -0.2) is 0 Å². The van der Waals surface area contributed by atoms with E-state index >= 15 is 0 Å². The summed E-state index contributed by atoms with van der Waals surface area (Å²) in [7, 11) is 8.41. The normalized spacial score (nSPS) is 13.6. The van der Waals surface area contributed by atoms with Crippen molar-refractivity contribution in [2.24, 2.45) is 0 Å². The Morgan fingerprint density at radius 1 is 0.769 bits per heavy atom.